The Labute approximate surface area is 177 Å². The maximum Gasteiger partial charge on any atom is 0.330 e. The minimum absolute atomic E-state index is 0.0653. The fourth-order valence-corrected chi connectivity index (χ4v) is 3.51. The van der Waals surface area contributed by atoms with Crippen molar-refractivity contribution < 1.29 is 24.1 Å². The summed E-state index contributed by atoms with van der Waals surface area (Å²) in [6.07, 6.45) is 5.09. The molecule has 0 saturated carbocycles. The molecule has 30 heavy (non-hydrogen) atoms. The Kier molecular flexibility index (Phi) is 7.74. The number of rotatable bonds is 8. The summed E-state index contributed by atoms with van der Waals surface area (Å²) in [5.74, 6) is 1.34. The molecule has 1 aliphatic heterocycles. The van der Waals surface area contributed by atoms with Crippen LogP contribution in [0.25, 0.3) is 6.08 Å². The number of esters is 1. The maximum absolute atomic E-state index is 12.0. The number of benzene rings is 2. The molecule has 1 heterocycles. The summed E-state index contributed by atoms with van der Waals surface area (Å²) in [5, 5.41) is 9.61. The van der Waals surface area contributed by atoms with Gasteiger partial charge in [-0.1, -0.05) is 18.2 Å². The van der Waals surface area contributed by atoms with Crippen molar-refractivity contribution in [1.82, 2.24) is 4.90 Å². The summed E-state index contributed by atoms with van der Waals surface area (Å²) in [6.45, 7) is 3.36. The number of hydrogen-bond acceptors (Lipinski definition) is 6. The van der Waals surface area contributed by atoms with Crippen LogP contribution in [0.15, 0.2) is 48.5 Å². The van der Waals surface area contributed by atoms with E-state index < -0.39 is 0 Å². The molecule has 1 aliphatic rings. The molecule has 0 aromatic heterocycles. The van der Waals surface area contributed by atoms with Crippen LogP contribution in [0.4, 0.5) is 0 Å². The van der Waals surface area contributed by atoms with E-state index in [4.69, 9.17) is 14.2 Å². The second-order valence-corrected chi connectivity index (χ2v) is 7.46. The van der Waals surface area contributed by atoms with E-state index in [9.17, 15) is 9.90 Å². The second-order valence-electron chi connectivity index (χ2n) is 7.46. The molecule has 1 N–H and O–H groups in total. The fraction of sp³-hybridized carbons (Fsp3) is 0.375. The van der Waals surface area contributed by atoms with Crippen LogP contribution < -0.4 is 9.47 Å². The molecule has 0 spiro atoms. The van der Waals surface area contributed by atoms with Crippen molar-refractivity contribution in [3.63, 3.8) is 0 Å². The van der Waals surface area contributed by atoms with Crippen molar-refractivity contribution in [2.24, 2.45) is 5.92 Å². The summed E-state index contributed by atoms with van der Waals surface area (Å²) in [6, 6.07) is 13.1. The van der Waals surface area contributed by atoms with E-state index in [0.717, 1.165) is 43.8 Å². The minimum Gasteiger partial charge on any atom is -0.504 e. The lowest BCUT2D eigenvalue weighted by molar-refractivity contribution is -0.139. The highest BCUT2D eigenvalue weighted by Gasteiger charge is 2.20. The maximum atomic E-state index is 12.0. The molecule has 1 fully saturated rings. The zero-order valence-electron chi connectivity index (χ0n) is 17.5. The molecule has 1 saturated heterocycles. The molecule has 6 nitrogen and oxygen atoms in total. The Morgan fingerprint density at radius 1 is 1.10 bits per heavy atom. The summed E-state index contributed by atoms with van der Waals surface area (Å²) >= 11 is 0. The number of piperidine rings is 1. The van der Waals surface area contributed by atoms with Gasteiger partial charge in [-0.2, -0.15) is 0 Å². The molecular weight excluding hydrogens is 382 g/mol. The van der Waals surface area contributed by atoms with E-state index in [2.05, 4.69) is 17.0 Å². The molecule has 2 aromatic rings. The SMILES string of the molecule is COc1ccc(CN2CCC(COC(=O)/C=C/c3ccc(O)c(OC)c3)CC2)cc1. The van der Waals surface area contributed by atoms with Gasteiger partial charge in [0.15, 0.2) is 11.5 Å². The van der Waals surface area contributed by atoms with Crippen molar-refractivity contribution in [1.29, 1.82) is 0 Å². The summed E-state index contributed by atoms with van der Waals surface area (Å²) < 4.78 is 15.7. The van der Waals surface area contributed by atoms with Gasteiger partial charge in [0.25, 0.3) is 0 Å². The van der Waals surface area contributed by atoms with Gasteiger partial charge in [-0.3, -0.25) is 4.90 Å². The molecule has 0 atom stereocenters. The van der Waals surface area contributed by atoms with Gasteiger partial charge in [-0.25, -0.2) is 4.79 Å². The standard InChI is InChI=1S/C24H29NO5/c1-28-21-7-3-19(4-8-21)16-25-13-11-20(12-14-25)17-30-24(27)10-6-18-5-9-22(26)23(15-18)29-2/h3-10,15,20,26H,11-14,16-17H2,1-2H3/b10-6+. The molecule has 160 valence electrons. The number of likely N-dealkylation sites (tertiary alicyclic amines) is 1. The second kappa shape index (κ2) is 10.7. The Morgan fingerprint density at radius 2 is 1.83 bits per heavy atom. The molecule has 0 bridgehead atoms. The van der Waals surface area contributed by atoms with Crippen molar-refractivity contribution >= 4 is 12.0 Å². The van der Waals surface area contributed by atoms with Crippen LogP contribution in [0.2, 0.25) is 0 Å². The van der Waals surface area contributed by atoms with E-state index in [1.54, 1.807) is 25.3 Å². The molecule has 0 radical (unpaired) electrons. The van der Waals surface area contributed by atoms with Crippen LogP contribution in [-0.4, -0.2) is 49.9 Å². The van der Waals surface area contributed by atoms with Crippen LogP contribution in [-0.2, 0) is 16.1 Å². The number of aromatic hydroxyl groups is 1. The van der Waals surface area contributed by atoms with Gasteiger partial charge in [0, 0.05) is 12.6 Å². The molecule has 0 aliphatic carbocycles. The van der Waals surface area contributed by atoms with Gasteiger partial charge >= 0.3 is 5.97 Å². The highest BCUT2D eigenvalue weighted by molar-refractivity contribution is 5.87. The van der Waals surface area contributed by atoms with E-state index in [1.807, 2.05) is 12.1 Å². The van der Waals surface area contributed by atoms with E-state index >= 15 is 0 Å². The lowest BCUT2D eigenvalue weighted by Crippen LogP contribution is -2.34. The van der Waals surface area contributed by atoms with Gasteiger partial charge in [0.2, 0.25) is 0 Å². The average Bonchev–Trinajstić information content (AvgIpc) is 2.78. The third-order valence-corrected chi connectivity index (χ3v) is 5.35. The number of carbonyl (C=O) groups excluding carboxylic acids is 1. The Morgan fingerprint density at radius 3 is 2.50 bits per heavy atom. The van der Waals surface area contributed by atoms with Gasteiger partial charge in [-0.05, 0) is 73.3 Å². The largest absolute Gasteiger partial charge is 0.504 e. The van der Waals surface area contributed by atoms with Crippen molar-refractivity contribution in [2.45, 2.75) is 19.4 Å². The highest BCUT2D eigenvalue weighted by atomic mass is 16.5. The zero-order chi connectivity index (χ0) is 21.3. The van der Waals surface area contributed by atoms with Crippen molar-refractivity contribution in [3.05, 3.63) is 59.7 Å². The first-order valence-corrected chi connectivity index (χ1v) is 10.1. The van der Waals surface area contributed by atoms with Crippen LogP contribution in [0.3, 0.4) is 0 Å². The number of phenols is 1. The van der Waals surface area contributed by atoms with E-state index in [1.165, 1.54) is 24.8 Å². The quantitative estimate of drug-likeness (QED) is 0.525. The Hall–Kier alpha value is -2.99. The fourth-order valence-electron chi connectivity index (χ4n) is 3.51. The lowest BCUT2D eigenvalue weighted by atomic mass is 9.97. The van der Waals surface area contributed by atoms with Crippen LogP contribution >= 0.6 is 0 Å². The number of hydrogen-bond donors (Lipinski definition) is 1. The van der Waals surface area contributed by atoms with Crippen LogP contribution in [0.5, 0.6) is 17.2 Å². The predicted octanol–water partition coefficient (Wildman–Crippen LogP) is 3.88. The predicted molar refractivity (Wildman–Crippen MR) is 116 cm³/mol. The topological polar surface area (TPSA) is 68.2 Å². The van der Waals surface area contributed by atoms with Crippen molar-refractivity contribution in [2.75, 3.05) is 33.9 Å². The van der Waals surface area contributed by atoms with E-state index in [-0.39, 0.29) is 11.7 Å². The van der Waals surface area contributed by atoms with Gasteiger partial charge in [0.05, 0.1) is 20.8 Å². The number of methoxy groups -OCH3 is 2. The highest BCUT2D eigenvalue weighted by Crippen LogP contribution is 2.26. The number of nitrogens with zero attached hydrogens (tertiary/aromatic N) is 1. The molecule has 3 rings (SSSR count). The Balaban J connectivity index is 1.39. The van der Waals surface area contributed by atoms with E-state index in [0.29, 0.717) is 18.3 Å². The minimum atomic E-state index is -0.359. The summed E-state index contributed by atoms with van der Waals surface area (Å²) in [7, 11) is 3.16. The first kappa shape index (κ1) is 21.7. The van der Waals surface area contributed by atoms with Crippen molar-refractivity contribution in [3.8, 4) is 17.2 Å². The Bertz CT molecular complexity index is 854. The third-order valence-electron chi connectivity index (χ3n) is 5.35. The molecule has 0 amide bonds. The van der Waals surface area contributed by atoms with Crippen LogP contribution in [0.1, 0.15) is 24.0 Å². The number of phenolic OH excluding ortho intramolecular Hbond substituents is 1. The first-order valence-electron chi connectivity index (χ1n) is 10.1. The smallest absolute Gasteiger partial charge is 0.330 e. The number of ether oxygens (including phenoxy) is 3. The number of carbonyl (C=O) groups is 1. The van der Waals surface area contributed by atoms with Gasteiger partial charge in [-0.15, -0.1) is 0 Å². The lowest BCUT2D eigenvalue weighted by Gasteiger charge is -2.31. The van der Waals surface area contributed by atoms with Crippen LogP contribution in [0, 0.1) is 5.92 Å². The molecule has 0 unspecified atom stereocenters. The van der Waals surface area contributed by atoms with Gasteiger partial charge < -0.3 is 19.3 Å². The zero-order valence-corrected chi connectivity index (χ0v) is 17.5. The molecule has 6 heteroatoms. The third kappa shape index (κ3) is 6.26. The summed E-state index contributed by atoms with van der Waals surface area (Å²) in [5.41, 5.74) is 2.03. The molecule has 2 aromatic carbocycles. The monoisotopic (exact) mass is 411 g/mol. The molecular formula is C24H29NO5. The average molecular weight is 411 g/mol. The first-order chi connectivity index (χ1) is 14.6. The van der Waals surface area contributed by atoms with Gasteiger partial charge in [0.1, 0.15) is 5.75 Å². The normalized spacial score (nSPS) is 15.3. The summed E-state index contributed by atoms with van der Waals surface area (Å²) in [4.78, 5) is 14.5.